The van der Waals surface area contributed by atoms with Crippen LogP contribution in [0.5, 0.6) is 5.75 Å². The first-order valence-electron chi connectivity index (χ1n) is 11.0. The van der Waals surface area contributed by atoms with Gasteiger partial charge in [0.25, 0.3) is 10.0 Å². The number of hydrogen-bond acceptors (Lipinski definition) is 4. The Bertz CT molecular complexity index is 1510. The van der Waals surface area contributed by atoms with Crippen LogP contribution in [0.1, 0.15) is 12.0 Å². The van der Waals surface area contributed by atoms with Crippen molar-refractivity contribution in [3.05, 3.63) is 77.9 Å². The minimum absolute atomic E-state index is 0.0170. The lowest BCUT2D eigenvalue weighted by Crippen LogP contribution is -2.45. The number of benzene rings is 3. The van der Waals surface area contributed by atoms with Crippen molar-refractivity contribution in [2.75, 3.05) is 10.8 Å². The van der Waals surface area contributed by atoms with Gasteiger partial charge in [-0.25, -0.2) is 17.2 Å². The summed E-state index contributed by atoms with van der Waals surface area (Å²) in [5.74, 6) is -3.81. The van der Waals surface area contributed by atoms with E-state index in [-0.39, 0.29) is 35.5 Å². The number of aliphatic carboxylic acids is 1. The maximum atomic E-state index is 14.4. The van der Waals surface area contributed by atoms with Crippen molar-refractivity contribution in [2.24, 2.45) is 11.8 Å². The summed E-state index contributed by atoms with van der Waals surface area (Å²) in [6, 6.07) is 9.96. The van der Waals surface area contributed by atoms with Gasteiger partial charge in [-0.3, -0.25) is 9.10 Å². The second-order valence-corrected chi connectivity index (χ2v) is 10.7. The van der Waals surface area contributed by atoms with Crippen LogP contribution >= 0.6 is 0 Å². The number of nitrogens with zero attached hydrogens (tertiary/aromatic N) is 1. The molecule has 1 N–H and O–H groups in total. The molecule has 0 saturated heterocycles. The van der Waals surface area contributed by atoms with Crippen LogP contribution in [0, 0.1) is 23.5 Å². The van der Waals surface area contributed by atoms with Gasteiger partial charge in [-0.05, 0) is 60.5 Å². The third-order valence-corrected chi connectivity index (χ3v) is 8.25. The second-order valence-electron chi connectivity index (χ2n) is 8.87. The summed E-state index contributed by atoms with van der Waals surface area (Å²) in [4.78, 5) is 10.8. The normalized spacial score (nSPS) is 21.2. The van der Waals surface area contributed by atoms with Gasteiger partial charge in [0.1, 0.15) is 23.5 Å². The van der Waals surface area contributed by atoms with Crippen LogP contribution in [0.15, 0.2) is 65.6 Å². The molecule has 0 aromatic heterocycles. The van der Waals surface area contributed by atoms with Crippen molar-refractivity contribution in [2.45, 2.75) is 23.6 Å². The Hall–Kier alpha value is -3.67. The van der Waals surface area contributed by atoms with E-state index in [1.54, 1.807) is 0 Å². The number of rotatable bonds is 5. The minimum atomic E-state index is -4.79. The maximum absolute atomic E-state index is 14.4. The quantitative estimate of drug-likeness (QED) is 0.444. The van der Waals surface area contributed by atoms with Crippen molar-refractivity contribution in [1.82, 2.24) is 0 Å². The first-order chi connectivity index (χ1) is 17.4. The summed E-state index contributed by atoms with van der Waals surface area (Å²) in [6.07, 6.45) is -5.42. The zero-order chi connectivity index (χ0) is 26.7. The van der Waals surface area contributed by atoms with E-state index in [1.165, 1.54) is 18.2 Å². The van der Waals surface area contributed by atoms with Gasteiger partial charge in [0, 0.05) is 11.5 Å². The highest BCUT2D eigenvalue weighted by molar-refractivity contribution is 7.92. The smallest absolute Gasteiger partial charge is 0.416 e. The lowest BCUT2D eigenvalue weighted by atomic mass is 10.0. The van der Waals surface area contributed by atoms with Crippen molar-refractivity contribution in [3.63, 3.8) is 0 Å². The Morgan fingerprint density at radius 1 is 1.03 bits per heavy atom. The zero-order valence-corrected chi connectivity index (χ0v) is 19.6. The van der Waals surface area contributed by atoms with Gasteiger partial charge in [-0.2, -0.15) is 13.2 Å². The van der Waals surface area contributed by atoms with E-state index < -0.39 is 62.2 Å². The molecule has 0 spiro atoms. The molecule has 3 atom stereocenters. The first-order valence-corrected chi connectivity index (χ1v) is 12.5. The molecular formula is C25H18F5NO5S. The molecule has 1 fully saturated rings. The van der Waals surface area contributed by atoms with Crippen molar-refractivity contribution >= 4 is 21.7 Å². The summed E-state index contributed by atoms with van der Waals surface area (Å²) in [5, 5.41) is 9.31. The van der Waals surface area contributed by atoms with E-state index in [9.17, 15) is 40.3 Å². The molecule has 0 radical (unpaired) electrons. The van der Waals surface area contributed by atoms with Crippen LogP contribution < -0.4 is 9.04 Å². The molecule has 1 heterocycles. The van der Waals surface area contributed by atoms with Gasteiger partial charge in [0.05, 0.1) is 28.6 Å². The van der Waals surface area contributed by atoms with E-state index in [0.717, 1.165) is 40.7 Å². The molecule has 194 valence electrons. The number of sulfonamides is 1. The topological polar surface area (TPSA) is 83.9 Å². The third-order valence-electron chi connectivity index (χ3n) is 6.48. The summed E-state index contributed by atoms with van der Waals surface area (Å²) in [5.41, 5.74) is -1.31. The number of hydrogen-bond donors (Lipinski definition) is 1. The molecule has 3 aromatic carbocycles. The van der Waals surface area contributed by atoms with Crippen LogP contribution in [0.25, 0.3) is 11.1 Å². The number of anilines is 1. The third kappa shape index (κ3) is 4.61. The highest BCUT2D eigenvalue weighted by Crippen LogP contribution is 2.48. The molecule has 0 bridgehead atoms. The van der Waals surface area contributed by atoms with Gasteiger partial charge < -0.3 is 9.84 Å². The van der Waals surface area contributed by atoms with Crippen molar-refractivity contribution < 1.29 is 45.0 Å². The number of carboxylic acid groups (broad SMARTS) is 1. The van der Waals surface area contributed by atoms with Crippen LogP contribution in [-0.4, -0.2) is 32.1 Å². The summed E-state index contributed by atoms with van der Waals surface area (Å²) >= 11 is 0. The maximum Gasteiger partial charge on any atom is 0.416 e. The average Bonchev–Trinajstić information content (AvgIpc) is 3.65. The molecule has 3 aromatic rings. The fraction of sp³-hybridized carbons (Fsp3) is 0.240. The molecule has 2 aliphatic rings. The van der Waals surface area contributed by atoms with Gasteiger partial charge in [0.15, 0.2) is 0 Å². The van der Waals surface area contributed by atoms with Crippen LogP contribution in [0.2, 0.25) is 0 Å². The Morgan fingerprint density at radius 2 is 1.78 bits per heavy atom. The number of carboxylic acids is 1. The Labute approximate surface area is 208 Å². The molecule has 12 heteroatoms. The highest BCUT2D eigenvalue weighted by Gasteiger charge is 2.52. The summed E-state index contributed by atoms with van der Waals surface area (Å²) in [7, 11) is -4.61. The fourth-order valence-corrected chi connectivity index (χ4v) is 6.01. The van der Waals surface area contributed by atoms with Gasteiger partial charge >= 0.3 is 12.1 Å². The van der Waals surface area contributed by atoms with Crippen molar-refractivity contribution in [3.8, 4) is 16.9 Å². The molecule has 1 aliphatic carbocycles. The number of fused-ring (bicyclic) bond motifs is 1. The number of ether oxygens (including phenoxy) is 1. The van der Waals surface area contributed by atoms with E-state index in [1.807, 2.05) is 0 Å². The summed E-state index contributed by atoms with van der Waals surface area (Å²) < 4.78 is 102. The van der Waals surface area contributed by atoms with Gasteiger partial charge in [-0.1, -0.05) is 12.1 Å². The zero-order valence-electron chi connectivity index (χ0n) is 18.7. The molecule has 37 heavy (non-hydrogen) atoms. The van der Waals surface area contributed by atoms with Gasteiger partial charge in [0.2, 0.25) is 0 Å². The summed E-state index contributed by atoms with van der Waals surface area (Å²) in [6.45, 7) is -0.380. The predicted octanol–water partition coefficient (Wildman–Crippen LogP) is 5.33. The predicted molar refractivity (Wildman–Crippen MR) is 121 cm³/mol. The van der Waals surface area contributed by atoms with Crippen LogP contribution in [0.3, 0.4) is 0 Å². The van der Waals surface area contributed by atoms with E-state index in [0.29, 0.717) is 6.07 Å². The molecule has 0 amide bonds. The average molecular weight is 539 g/mol. The van der Waals surface area contributed by atoms with Crippen LogP contribution in [-0.2, 0) is 21.0 Å². The highest BCUT2D eigenvalue weighted by atomic mass is 32.2. The lowest BCUT2D eigenvalue weighted by Gasteiger charge is -2.36. The van der Waals surface area contributed by atoms with Crippen LogP contribution in [0.4, 0.5) is 27.6 Å². The molecular weight excluding hydrogens is 521 g/mol. The second kappa shape index (κ2) is 8.72. The molecule has 5 rings (SSSR count). The van der Waals surface area contributed by atoms with E-state index in [2.05, 4.69) is 0 Å². The number of alkyl halides is 3. The van der Waals surface area contributed by atoms with E-state index in [4.69, 9.17) is 4.74 Å². The minimum Gasteiger partial charge on any atom is -0.486 e. The largest absolute Gasteiger partial charge is 0.486 e. The Morgan fingerprint density at radius 3 is 2.46 bits per heavy atom. The number of carbonyl (C=O) groups is 1. The number of halogens is 5. The standard InChI is InChI=1S/C25H18F5NO5S/c26-15-5-6-20(27)17(10-15)13-4-7-22-21(8-13)31(12-23(36-22)18-11-19(18)24(32)33)37(34,35)16-3-1-2-14(9-16)25(28,29)30/h1-10,18-19,23H,11-12H2,(H,32,33)/t18-,19-,23+/m0/s1. The van der Waals surface area contributed by atoms with E-state index >= 15 is 0 Å². The Kier molecular flexibility index (Phi) is 5.89. The monoisotopic (exact) mass is 539 g/mol. The lowest BCUT2D eigenvalue weighted by molar-refractivity contribution is -0.139. The van der Waals surface area contributed by atoms with Crippen molar-refractivity contribution in [1.29, 1.82) is 0 Å². The van der Waals surface area contributed by atoms with Gasteiger partial charge in [-0.15, -0.1) is 0 Å². The fourth-order valence-electron chi connectivity index (χ4n) is 4.48. The first kappa shape index (κ1) is 25.0. The SMILES string of the molecule is O=C(O)[C@H]1C[C@@H]1[C@H]1CN(S(=O)(=O)c2cccc(C(F)(F)F)c2)c2cc(-c3cc(F)ccc3F)ccc2O1. The molecule has 6 nitrogen and oxygen atoms in total. The molecule has 1 aliphatic heterocycles. The Balaban J connectivity index is 1.62. The molecule has 0 unspecified atom stereocenters. The molecule has 1 saturated carbocycles.